The van der Waals surface area contributed by atoms with E-state index in [9.17, 15) is 0 Å². The number of methoxy groups -OCH3 is 2. The molecule has 27 heavy (non-hydrogen) atoms. The van der Waals surface area contributed by atoms with Gasteiger partial charge in [-0.15, -0.1) is 0 Å². The van der Waals surface area contributed by atoms with Gasteiger partial charge >= 0.3 is 0 Å². The zero-order valence-electron chi connectivity index (χ0n) is 16.2. The molecule has 1 aliphatic rings. The van der Waals surface area contributed by atoms with E-state index in [4.69, 9.17) is 9.47 Å². The number of fused-ring (bicyclic) bond motifs is 1. The van der Waals surface area contributed by atoms with Crippen molar-refractivity contribution in [1.82, 2.24) is 9.97 Å². The van der Waals surface area contributed by atoms with Crippen molar-refractivity contribution in [3.8, 4) is 11.5 Å². The lowest BCUT2D eigenvalue weighted by molar-refractivity contribution is 0.356. The summed E-state index contributed by atoms with van der Waals surface area (Å²) in [6.45, 7) is 4.05. The fraction of sp³-hybridized carbons (Fsp3) is 0.364. The molecule has 2 aromatic carbocycles. The monoisotopic (exact) mass is 363 g/mol. The Kier molecular flexibility index (Phi) is 4.60. The lowest BCUT2D eigenvalue weighted by Gasteiger charge is -2.18. The van der Waals surface area contributed by atoms with E-state index in [0.717, 1.165) is 22.6 Å². The minimum absolute atomic E-state index is 0.129. The van der Waals surface area contributed by atoms with Gasteiger partial charge in [0.05, 0.1) is 19.7 Å². The zero-order valence-corrected chi connectivity index (χ0v) is 16.2. The largest absolute Gasteiger partial charge is 0.493 e. The summed E-state index contributed by atoms with van der Waals surface area (Å²) in [6, 6.07) is 12.9. The Morgan fingerprint density at radius 3 is 2.30 bits per heavy atom. The number of nitrogens with one attached hydrogen (secondary N) is 1. The molecule has 140 valence electrons. The summed E-state index contributed by atoms with van der Waals surface area (Å²) in [4.78, 5) is 9.19. The van der Waals surface area contributed by atoms with Crippen LogP contribution in [0.1, 0.15) is 48.7 Å². The third kappa shape index (κ3) is 3.54. The highest BCUT2D eigenvalue weighted by atomic mass is 16.5. The van der Waals surface area contributed by atoms with Crippen LogP contribution in [0.15, 0.2) is 36.4 Å². The molecule has 1 fully saturated rings. The number of aromatic nitrogens is 2. The summed E-state index contributed by atoms with van der Waals surface area (Å²) in [5.41, 5.74) is 3.52. The molecule has 0 radical (unpaired) electrons. The molecule has 0 bridgehead atoms. The summed E-state index contributed by atoms with van der Waals surface area (Å²) in [7, 11) is 3.26. The molecule has 5 nitrogen and oxygen atoms in total. The first kappa shape index (κ1) is 17.6. The van der Waals surface area contributed by atoms with Gasteiger partial charge < -0.3 is 14.8 Å². The molecule has 1 atom stereocenters. The molecule has 0 spiro atoms. The molecule has 1 saturated carbocycles. The van der Waals surface area contributed by atoms with E-state index >= 15 is 0 Å². The topological polar surface area (TPSA) is 56.3 Å². The van der Waals surface area contributed by atoms with Gasteiger partial charge in [0.1, 0.15) is 11.6 Å². The summed E-state index contributed by atoms with van der Waals surface area (Å²) in [5, 5.41) is 4.46. The first-order valence-electron chi connectivity index (χ1n) is 9.36. The first-order valence-corrected chi connectivity index (χ1v) is 9.36. The number of hydrogen-bond acceptors (Lipinski definition) is 5. The van der Waals surface area contributed by atoms with E-state index in [1.54, 1.807) is 14.2 Å². The Hall–Kier alpha value is -2.82. The molecule has 0 aliphatic heterocycles. The molecular weight excluding hydrogens is 338 g/mol. The number of ether oxygens (including phenoxy) is 2. The number of rotatable bonds is 6. The van der Waals surface area contributed by atoms with Crippen molar-refractivity contribution < 1.29 is 9.47 Å². The fourth-order valence-electron chi connectivity index (χ4n) is 3.44. The number of aryl methyl sites for hydroxylation is 1. The quantitative estimate of drug-likeness (QED) is 0.667. The normalized spacial score (nSPS) is 14.8. The van der Waals surface area contributed by atoms with Crippen molar-refractivity contribution in [3.05, 3.63) is 53.3 Å². The predicted molar refractivity (Wildman–Crippen MR) is 108 cm³/mol. The molecule has 0 unspecified atom stereocenters. The van der Waals surface area contributed by atoms with Crippen LogP contribution in [0.4, 0.5) is 5.82 Å². The summed E-state index contributed by atoms with van der Waals surface area (Å²) < 4.78 is 10.9. The van der Waals surface area contributed by atoms with Crippen LogP contribution in [-0.2, 0) is 0 Å². The van der Waals surface area contributed by atoms with Crippen molar-refractivity contribution in [3.63, 3.8) is 0 Å². The van der Waals surface area contributed by atoms with Gasteiger partial charge in [-0.1, -0.05) is 24.3 Å². The smallest absolute Gasteiger partial charge is 0.162 e. The number of benzene rings is 2. The second kappa shape index (κ2) is 7.06. The molecule has 1 N–H and O–H groups in total. The van der Waals surface area contributed by atoms with Gasteiger partial charge in [0, 0.05) is 17.5 Å². The van der Waals surface area contributed by atoms with Crippen molar-refractivity contribution in [2.75, 3.05) is 19.5 Å². The molecule has 0 saturated heterocycles. The highest BCUT2D eigenvalue weighted by Crippen LogP contribution is 2.40. The van der Waals surface area contributed by atoms with E-state index < -0.39 is 0 Å². The molecule has 4 rings (SSSR count). The van der Waals surface area contributed by atoms with E-state index in [-0.39, 0.29) is 6.04 Å². The average Bonchev–Trinajstić information content (AvgIpc) is 3.52. The van der Waals surface area contributed by atoms with Crippen LogP contribution in [0.3, 0.4) is 0 Å². The lowest BCUT2D eigenvalue weighted by Crippen LogP contribution is -2.10. The maximum absolute atomic E-state index is 5.45. The van der Waals surface area contributed by atoms with E-state index in [0.29, 0.717) is 17.3 Å². The Labute approximate surface area is 159 Å². The van der Waals surface area contributed by atoms with Crippen LogP contribution in [0, 0.1) is 6.92 Å². The average molecular weight is 363 g/mol. The van der Waals surface area contributed by atoms with Gasteiger partial charge in [-0.2, -0.15) is 0 Å². The minimum atomic E-state index is 0.129. The molecule has 0 amide bonds. The predicted octanol–water partition coefficient (Wildman–Crippen LogP) is 5.01. The molecule has 1 heterocycles. The fourth-order valence-corrected chi connectivity index (χ4v) is 3.44. The van der Waals surface area contributed by atoms with Crippen molar-refractivity contribution >= 4 is 16.7 Å². The second-order valence-corrected chi connectivity index (χ2v) is 7.15. The van der Waals surface area contributed by atoms with Crippen LogP contribution < -0.4 is 14.8 Å². The Bertz CT molecular complexity index is 965. The van der Waals surface area contributed by atoms with Gasteiger partial charge in [0.25, 0.3) is 0 Å². The highest BCUT2D eigenvalue weighted by Gasteiger charge is 2.23. The van der Waals surface area contributed by atoms with E-state index in [2.05, 4.69) is 46.5 Å². The molecule has 3 aromatic rings. The number of anilines is 1. The second-order valence-electron chi connectivity index (χ2n) is 7.15. The SMILES string of the molecule is COc1cc2nc(C)nc(N[C@H](C)c3ccc(C4CC4)cc3)c2cc1OC. The van der Waals surface area contributed by atoms with Gasteiger partial charge in [-0.05, 0) is 49.8 Å². The van der Waals surface area contributed by atoms with Crippen molar-refractivity contribution in [2.24, 2.45) is 0 Å². The van der Waals surface area contributed by atoms with Crippen molar-refractivity contribution in [1.29, 1.82) is 0 Å². The minimum Gasteiger partial charge on any atom is -0.493 e. The molecule has 1 aromatic heterocycles. The zero-order chi connectivity index (χ0) is 19.0. The summed E-state index contributed by atoms with van der Waals surface area (Å²) in [5.74, 6) is 3.63. The Morgan fingerprint density at radius 1 is 1.00 bits per heavy atom. The standard InChI is InChI=1S/C22H25N3O2/c1-13(15-5-7-16(8-6-15)17-9-10-17)23-22-18-11-20(26-3)21(27-4)12-19(18)24-14(2)25-22/h5-8,11-13,17H,9-10H2,1-4H3,(H,23,24,25)/t13-/m1/s1. The Balaban J connectivity index is 1.67. The van der Waals surface area contributed by atoms with Crippen LogP contribution in [0.5, 0.6) is 11.5 Å². The number of hydrogen-bond donors (Lipinski definition) is 1. The van der Waals surface area contributed by atoms with Gasteiger partial charge in [-0.25, -0.2) is 9.97 Å². The first-order chi connectivity index (χ1) is 13.1. The van der Waals surface area contributed by atoms with Gasteiger partial charge in [0.2, 0.25) is 0 Å². The maximum atomic E-state index is 5.45. The summed E-state index contributed by atoms with van der Waals surface area (Å²) >= 11 is 0. The summed E-state index contributed by atoms with van der Waals surface area (Å²) in [6.07, 6.45) is 2.65. The molecule has 1 aliphatic carbocycles. The van der Waals surface area contributed by atoms with Crippen LogP contribution >= 0.6 is 0 Å². The lowest BCUT2D eigenvalue weighted by atomic mass is 10.0. The van der Waals surface area contributed by atoms with Crippen LogP contribution in [-0.4, -0.2) is 24.2 Å². The van der Waals surface area contributed by atoms with Gasteiger partial charge in [-0.3, -0.25) is 0 Å². The highest BCUT2D eigenvalue weighted by molar-refractivity contribution is 5.92. The third-order valence-electron chi connectivity index (χ3n) is 5.15. The maximum Gasteiger partial charge on any atom is 0.162 e. The number of nitrogens with zero attached hydrogens (tertiary/aromatic N) is 2. The van der Waals surface area contributed by atoms with E-state index in [1.807, 2.05) is 19.1 Å². The van der Waals surface area contributed by atoms with Crippen LogP contribution in [0.25, 0.3) is 10.9 Å². The third-order valence-corrected chi connectivity index (χ3v) is 5.15. The molecule has 5 heteroatoms. The Morgan fingerprint density at radius 2 is 1.67 bits per heavy atom. The van der Waals surface area contributed by atoms with Crippen molar-refractivity contribution in [2.45, 2.75) is 38.6 Å². The van der Waals surface area contributed by atoms with Crippen LogP contribution in [0.2, 0.25) is 0 Å². The van der Waals surface area contributed by atoms with Gasteiger partial charge in [0.15, 0.2) is 11.5 Å². The molecular formula is C22H25N3O2. The van der Waals surface area contributed by atoms with E-state index in [1.165, 1.54) is 24.0 Å².